The van der Waals surface area contributed by atoms with Crippen LogP contribution in [0.15, 0.2) is 24.3 Å². The molecule has 1 aromatic rings. The summed E-state index contributed by atoms with van der Waals surface area (Å²) in [5.41, 5.74) is 0.575. The number of urea groups is 1. The third-order valence-corrected chi connectivity index (χ3v) is 2.48. The molecule has 0 unspecified atom stereocenters. The Balaban J connectivity index is 2.66. The highest BCUT2D eigenvalue weighted by Crippen LogP contribution is 2.20. The summed E-state index contributed by atoms with van der Waals surface area (Å²) in [6, 6.07) is 6.77. The predicted octanol–water partition coefficient (Wildman–Crippen LogP) is 2.19. The minimum absolute atomic E-state index is 0.0518. The number of rotatable bonds is 4. The van der Waals surface area contributed by atoms with E-state index in [1.165, 1.54) is 4.90 Å². The molecule has 0 saturated carbocycles. The fraction of sp³-hybridized carbons (Fsp3) is 0.364. The van der Waals surface area contributed by atoms with Crippen molar-refractivity contribution in [3.05, 3.63) is 29.3 Å². The maximum absolute atomic E-state index is 11.7. The van der Waals surface area contributed by atoms with Crippen molar-refractivity contribution in [1.29, 1.82) is 0 Å². The van der Waals surface area contributed by atoms with Crippen molar-refractivity contribution >= 4 is 23.3 Å². The van der Waals surface area contributed by atoms with Crippen LogP contribution in [-0.4, -0.2) is 35.7 Å². The molecule has 0 bridgehead atoms. The van der Waals surface area contributed by atoms with Crippen molar-refractivity contribution < 1.29 is 9.90 Å². The number of aliphatic hydroxyl groups is 1. The summed E-state index contributed by atoms with van der Waals surface area (Å²) in [4.78, 5) is 13.2. The summed E-state index contributed by atoms with van der Waals surface area (Å²) in [7, 11) is 0. The first-order valence-corrected chi connectivity index (χ1v) is 5.48. The summed E-state index contributed by atoms with van der Waals surface area (Å²) >= 11 is 5.91. The van der Waals surface area contributed by atoms with E-state index in [-0.39, 0.29) is 12.6 Å². The van der Waals surface area contributed by atoms with Gasteiger partial charge in [0.25, 0.3) is 0 Å². The summed E-state index contributed by atoms with van der Waals surface area (Å²) in [5, 5.41) is 12.0. The van der Waals surface area contributed by atoms with Gasteiger partial charge in [0, 0.05) is 13.1 Å². The second-order valence-electron chi connectivity index (χ2n) is 3.21. The molecule has 2 amide bonds. The number of benzene rings is 1. The van der Waals surface area contributed by atoms with Crippen molar-refractivity contribution in [2.24, 2.45) is 0 Å². The molecule has 0 heterocycles. The maximum atomic E-state index is 11.7. The van der Waals surface area contributed by atoms with Crippen LogP contribution >= 0.6 is 11.6 Å². The molecule has 0 aliphatic heterocycles. The molecule has 0 fully saturated rings. The zero-order chi connectivity index (χ0) is 12.0. The van der Waals surface area contributed by atoms with Crippen LogP contribution in [-0.2, 0) is 0 Å². The summed E-state index contributed by atoms with van der Waals surface area (Å²) in [6.07, 6.45) is 0. The van der Waals surface area contributed by atoms with Crippen molar-refractivity contribution in [3.8, 4) is 0 Å². The van der Waals surface area contributed by atoms with Crippen LogP contribution in [0.1, 0.15) is 6.92 Å². The third kappa shape index (κ3) is 3.40. The van der Waals surface area contributed by atoms with Crippen molar-refractivity contribution in [3.63, 3.8) is 0 Å². The first-order valence-electron chi connectivity index (χ1n) is 5.10. The van der Waals surface area contributed by atoms with Crippen LogP contribution in [0.4, 0.5) is 10.5 Å². The maximum Gasteiger partial charge on any atom is 0.321 e. The molecule has 1 aromatic carbocycles. The first kappa shape index (κ1) is 12.8. The molecule has 5 heteroatoms. The van der Waals surface area contributed by atoms with Gasteiger partial charge in [0.2, 0.25) is 0 Å². The van der Waals surface area contributed by atoms with E-state index in [1.54, 1.807) is 24.3 Å². The number of carbonyl (C=O) groups excluding carboxylic acids is 1. The Kier molecular flexibility index (Phi) is 5.08. The largest absolute Gasteiger partial charge is 0.395 e. The average Bonchev–Trinajstić information content (AvgIpc) is 2.29. The number of para-hydroxylation sites is 1. The molecular weight excluding hydrogens is 228 g/mol. The number of likely N-dealkylation sites (N-methyl/N-ethyl adjacent to an activating group) is 1. The molecule has 1 rings (SSSR count). The van der Waals surface area contributed by atoms with Gasteiger partial charge >= 0.3 is 6.03 Å². The van der Waals surface area contributed by atoms with Gasteiger partial charge in [-0.15, -0.1) is 0 Å². The van der Waals surface area contributed by atoms with E-state index in [1.807, 2.05) is 6.92 Å². The molecule has 0 radical (unpaired) electrons. The van der Waals surface area contributed by atoms with E-state index in [9.17, 15) is 4.79 Å². The fourth-order valence-corrected chi connectivity index (χ4v) is 1.46. The molecule has 0 atom stereocenters. The Hall–Kier alpha value is -1.26. The van der Waals surface area contributed by atoms with Gasteiger partial charge in [-0.1, -0.05) is 23.7 Å². The van der Waals surface area contributed by atoms with Gasteiger partial charge in [0.05, 0.1) is 17.3 Å². The Morgan fingerprint density at radius 2 is 2.19 bits per heavy atom. The number of halogens is 1. The fourth-order valence-electron chi connectivity index (χ4n) is 1.28. The second-order valence-corrected chi connectivity index (χ2v) is 3.62. The molecule has 4 nitrogen and oxygen atoms in total. The molecule has 0 aliphatic carbocycles. The van der Waals surface area contributed by atoms with Crippen molar-refractivity contribution in [2.75, 3.05) is 25.0 Å². The van der Waals surface area contributed by atoms with Gasteiger partial charge in [-0.3, -0.25) is 0 Å². The zero-order valence-electron chi connectivity index (χ0n) is 9.11. The second kappa shape index (κ2) is 6.35. The van der Waals surface area contributed by atoms with Crippen molar-refractivity contribution in [1.82, 2.24) is 4.90 Å². The average molecular weight is 243 g/mol. The zero-order valence-corrected chi connectivity index (χ0v) is 9.87. The standard InChI is InChI=1S/C11H15ClN2O2/c1-2-14(7-8-15)11(16)13-10-6-4-3-5-9(10)12/h3-6,15H,2,7-8H2,1H3,(H,13,16). The molecule has 0 saturated heterocycles. The van der Waals surface area contributed by atoms with E-state index < -0.39 is 0 Å². The number of hydrogen-bond donors (Lipinski definition) is 2. The molecule has 0 aliphatic rings. The highest BCUT2D eigenvalue weighted by Gasteiger charge is 2.11. The number of aliphatic hydroxyl groups excluding tert-OH is 1. The number of carbonyl (C=O) groups is 1. The lowest BCUT2D eigenvalue weighted by molar-refractivity contribution is 0.192. The van der Waals surface area contributed by atoms with Crippen LogP contribution in [0.3, 0.4) is 0 Å². The van der Waals surface area contributed by atoms with E-state index >= 15 is 0 Å². The molecule has 0 aromatic heterocycles. The SMILES string of the molecule is CCN(CCO)C(=O)Nc1ccccc1Cl. The first-order chi connectivity index (χ1) is 7.69. The quantitative estimate of drug-likeness (QED) is 0.850. The molecule has 2 N–H and O–H groups in total. The van der Waals surface area contributed by atoms with Crippen LogP contribution in [0.2, 0.25) is 5.02 Å². The van der Waals surface area contributed by atoms with Gasteiger partial charge < -0.3 is 15.3 Å². The normalized spacial score (nSPS) is 9.94. The lowest BCUT2D eigenvalue weighted by Gasteiger charge is -2.20. The third-order valence-electron chi connectivity index (χ3n) is 2.15. The Labute approximate surface area is 99.8 Å². The molecule has 88 valence electrons. The van der Waals surface area contributed by atoms with Gasteiger partial charge in [-0.2, -0.15) is 0 Å². The van der Waals surface area contributed by atoms with Crippen molar-refractivity contribution in [2.45, 2.75) is 6.92 Å². The Morgan fingerprint density at radius 3 is 2.75 bits per heavy atom. The van der Waals surface area contributed by atoms with E-state index in [0.717, 1.165) is 0 Å². The summed E-state index contributed by atoms with van der Waals surface area (Å²) in [5.74, 6) is 0. The van der Waals surface area contributed by atoms with Crippen LogP contribution in [0.25, 0.3) is 0 Å². The minimum atomic E-state index is -0.260. The summed E-state index contributed by atoms with van der Waals surface area (Å²) < 4.78 is 0. The van der Waals surface area contributed by atoms with Gasteiger partial charge in [-0.25, -0.2) is 4.79 Å². The summed E-state index contributed by atoms with van der Waals surface area (Å²) in [6.45, 7) is 2.65. The predicted molar refractivity (Wildman–Crippen MR) is 64.8 cm³/mol. The Morgan fingerprint density at radius 1 is 1.50 bits per heavy atom. The molecule has 16 heavy (non-hydrogen) atoms. The van der Waals surface area contributed by atoms with Crippen LogP contribution in [0, 0.1) is 0 Å². The number of amides is 2. The monoisotopic (exact) mass is 242 g/mol. The van der Waals surface area contributed by atoms with Gasteiger partial charge in [0.1, 0.15) is 0 Å². The lowest BCUT2D eigenvalue weighted by atomic mass is 10.3. The number of nitrogens with one attached hydrogen (secondary N) is 1. The van der Waals surface area contributed by atoms with Crippen LogP contribution < -0.4 is 5.32 Å². The number of nitrogens with zero attached hydrogens (tertiary/aromatic N) is 1. The Bertz CT molecular complexity index is 358. The minimum Gasteiger partial charge on any atom is -0.395 e. The number of anilines is 1. The van der Waals surface area contributed by atoms with E-state index in [2.05, 4.69) is 5.32 Å². The van der Waals surface area contributed by atoms with Gasteiger partial charge in [-0.05, 0) is 19.1 Å². The highest BCUT2D eigenvalue weighted by molar-refractivity contribution is 6.33. The smallest absolute Gasteiger partial charge is 0.321 e. The van der Waals surface area contributed by atoms with Crippen LogP contribution in [0.5, 0.6) is 0 Å². The topological polar surface area (TPSA) is 52.6 Å². The number of hydrogen-bond acceptors (Lipinski definition) is 2. The molecule has 0 spiro atoms. The highest BCUT2D eigenvalue weighted by atomic mass is 35.5. The van der Waals surface area contributed by atoms with E-state index in [4.69, 9.17) is 16.7 Å². The van der Waals surface area contributed by atoms with E-state index in [0.29, 0.717) is 23.8 Å². The molecular formula is C11H15ClN2O2. The van der Waals surface area contributed by atoms with Gasteiger partial charge in [0.15, 0.2) is 0 Å². The lowest BCUT2D eigenvalue weighted by Crippen LogP contribution is -2.36.